The number of hydrogen-bond donors (Lipinski definition) is 2. The Kier molecular flexibility index (Phi) is 6.51. The van der Waals surface area contributed by atoms with Gasteiger partial charge in [-0.15, -0.1) is 0 Å². The summed E-state index contributed by atoms with van der Waals surface area (Å²) < 4.78 is 7.46. The second-order valence-electron chi connectivity index (χ2n) is 7.95. The highest BCUT2D eigenvalue weighted by Crippen LogP contribution is 2.29. The first-order chi connectivity index (χ1) is 16.2. The van der Waals surface area contributed by atoms with Crippen molar-refractivity contribution in [3.05, 3.63) is 70.4 Å². The van der Waals surface area contributed by atoms with E-state index < -0.39 is 0 Å². The lowest BCUT2D eigenvalue weighted by atomic mass is 10.1. The standard InChI is InChI=1S/C25H24ClN5O3/c1-14-12-23(34-13-22(33)28-19-10-8-18(9-11-19)27-17(4)32)29-25-24(14)16(3)30-31(25)21-7-5-6-20(26)15(21)2/h5-12H,13H2,1-4H3,(H,27,32)(H,28,33). The molecule has 0 spiro atoms. The van der Waals surface area contributed by atoms with Crippen molar-refractivity contribution in [3.8, 4) is 11.6 Å². The van der Waals surface area contributed by atoms with Gasteiger partial charge in [-0.1, -0.05) is 17.7 Å². The van der Waals surface area contributed by atoms with Gasteiger partial charge in [-0.3, -0.25) is 9.59 Å². The maximum absolute atomic E-state index is 12.4. The van der Waals surface area contributed by atoms with Crippen LogP contribution in [0.5, 0.6) is 5.88 Å². The monoisotopic (exact) mass is 477 g/mol. The van der Waals surface area contributed by atoms with Gasteiger partial charge in [0.15, 0.2) is 12.3 Å². The molecule has 4 rings (SSSR count). The molecule has 174 valence electrons. The minimum Gasteiger partial charge on any atom is -0.467 e. The lowest BCUT2D eigenvalue weighted by molar-refractivity contribution is -0.118. The minimum absolute atomic E-state index is 0.160. The zero-order valence-corrected chi connectivity index (χ0v) is 20.0. The van der Waals surface area contributed by atoms with Crippen molar-refractivity contribution >= 4 is 45.8 Å². The number of amides is 2. The van der Waals surface area contributed by atoms with Gasteiger partial charge >= 0.3 is 0 Å². The van der Waals surface area contributed by atoms with E-state index in [1.54, 1.807) is 35.0 Å². The highest BCUT2D eigenvalue weighted by atomic mass is 35.5. The number of rotatable bonds is 6. The third-order valence-corrected chi connectivity index (χ3v) is 5.70. The van der Waals surface area contributed by atoms with Gasteiger partial charge in [-0.2, -0.15) is 10.1 Å². The van der Waals surface area contributed by atoms with Crippen LogP contribution in [0.3, 0.4) is 0 Å². The second kappa shape index (κ2) is 9.52. The molecule has 0 unspecified atom stereocenters. The van der Waals surface area contributed by atoms with Gasteiger partial charge in [-0.05, 0) is 68.3 Å². The molecule has 0 aliphatic heterocycles. The molecule has 0 bridgehead atoms. The summed E-state index contributed by atoms with van der Waals surface area (Å²) in [7, 11) is 0. The van der Waals surface area contributed by atoms with Gasteiger partial charge in [0.1, 0.15) is 0 Å². The number of benzene rings is 2. The number of anilines is 2. The van der Waals surface area contributed by atoms with E-state index in [2.05, 4.69) is 20.7 Å². The highest BCUT2D eigenvalue weighted by molar-refractivity contribution is 6.31. The van der Waals surface area contributed by atoms with Crippen LogP contribution in [-0.2, 0) is 9.59 Å². The molecule has 2 N–H and O–H groups in total. The van der Waals surface area contributed by atoms with Crippen LogP contribution in [0, 0.1) is 20.8 Å². The number of carbonyl (C=O) groups is 2. The second-order valence-corrected chi connectivity index (χ2v) is 8.36. The molecule has 0 aliphatic rings. The maximum Gasteiger partial charge on any atom is 0.262 e. The number of pyridine rings is 1. The van der Waals surface area contributed by atoms with Crippen molar-refractivity contribution in [3.63, 3.8) is 0 Å². The Morgan fingerprint density at radius 3 is 2.38 bits per heavy atom. The average Bonchev–Trinajstić information content (AvgIpc) is 3.12. The number of fused-ring (bicyclic) bond motifs is 1. The molecule has 0 radical (unpaired) electrons. The fourth-order valence-electron chi connectivity index (χ4n) is 3.72. The van der Waals surface area contributed by atoms with E-state index in [9.17, 15) is 9.59 Å². The van der Waals surface area contributed by atoms with Crippen LogP contribution in [0.1, 0.15) is 23.7 Å². The first-order valence-electron chi connectivity index (χ1n) is 10.7. The summed E-state index contributed by atoms with van der Waals surface area (Å²) in [5.41, 5.74) is 5.37. The first-order valence-corrected chi connectivity index (χ1v) is 11.0. The molecule has 0 saturated carbocycles. The number of aryl methyl sites for hydroxylation is 2. The van der Waals surface area contributed by atoms with Crippen molar-refractivity contribution in [1.29, 1.82) is 0 Å². The molecule has 4 aromatic rings. The Balaban J connectivity index is 1.53. The van der Waals surface area contributed by atoms with Gasteiger partial charge in [-0.25, -0.2) is 4.68 Å². The molecule has 9 heteroatoms. The van der Waals surface area contributed by atoms with Crippen molar-refractivity contribution in [2.45, 2.75) is 27.7 Å². The number of halogens is 1. The quantitative estimate of drug-likeness (QED) is 0.408. The third kappa shape index (κ3) is 4.87. The molecule has 8 nitrogen and oxygen atoms in total. The molecule has 0 atom stereocenters. The van der Waals surface area contributed by atoms with E-state index in [1.165, 1.54) is 6.92 Å². The van der Waals surface area contributed by atoms with Crippen LogP contribution in [0.25, 0.3) is 16.7 Å². The molecule has 34 heavy (non-hydrogen) atoms. The minimum atomic E-state index is -0.331. The number of nitrogens with zero attached hydrogens (tertiary/aromatic N) is 3. The molecule has 0 fully saturated rings. The molecule has 2 heterocycles. The molecule has 0 saturated heterocycles. The zero-order valence-electron chi connectivity index (χ0n) is 19.3. The van der Waals surface area contributed by atoms with E-state index in [-0.39, 0.29) is 18.4 Å². The number of hydrogen-bond acceptors (Lipinski definition) is 5. The van der Waals surface area contributed by atoms with Crippen LogP contribution in [-0.4, -0.2) is 33.2 Å². The number of nitrogens with one attached hydrogen (secondary N) is 2. The van der Waals surface area contributed by atoms with Gasteiger partial charge in [0.2, 0.25) is 11.8 Å². The third-order valence-electron chi connectivity index (χ3n) is 5.29. The van der Waals surface area contributed by atoms with E-state index in [0.29, 0.717) is 27.9 Å². The molecule has 2 aromatic heterocycles. The fraction of sp³-hybridized carbons (Fsp3) is 0.200. The smallest absolute Gasteiger partial charge is 0.262 e. The summed E-state index contributed by atoms with van der Waals surface area (Å²) in [6.45, 7) is 7.04. The van der Waals surface area contributed by atoms with E-state index in [4.69, 9.17) is 16.3 Å². The normalized spacial score (nSPS) is 10.9. The van der Waals surface area contributed by atoms with Crippen LogP contribution in [0.15, 0.2) is 48.5 Å². The SMILES string of the molecule is CC(=O)Nc1ccc(NC(=O)COc2cc(C)c3c(C)nn(-c4cccc(Cl)c4C)c3n2)cc1. The summed E-state index contributed by atoms with van der Waals surface area (Å²) in [4.78, 5) is 28.2. The van der Waals surface area contributed by atoms with Gasteiger partial charge in [0.25, 0.3) is 5.91 Å². The fourth-order valence-corrected chi connectivity index (χ4v) is 3.89. The predicted molar refractivity (Wildman–Crippen MR) is 133 cm³/mol. The largest absolute Gasteiger partial charge is 0.467 e. The maximum atomic E-state index is 12.4. The average molecular weight is 478 g/mol. The van der Waals surface area contributed by atoms with Crippen LogP contribution in [0.2, 0.25) is 5.02 Å². The van der Waals surface area contributed by atoms with E-state index in [1.807, 2.05) is 39.0 Å². The van der Waals surface area contributed by atoms with Crippen molar-refractivity contribution in [2.75, 3.05) is 17.2 Å². The molecule has 2 amide bonds. The van der Waals surface area contributed by atoms with Crippen LogP contribution in [0.4, 0.5) is 11.4 Å². The first kappa shape index (κ1) is 23.3. The highest BCUT2D eigenvalue weighted by Gasteiger charge is 2.17. The van der Waals surface area contributed by atoms with E-state index >= 15 is 0 Å². The van der Waals surface area contributed by atoms with Crippen LogP contribution >= 0.6 is 11.6 Å². The van der Waals surface area contributed by atoms with Crippen LogP contribution < -0.4 is 15.4 Å². The number of ether oxygens (including phenoxy) is 1. The van der Waals surface area contributed by atoms with Gasteiger partial charge < -0.3 is 15.4 Å². The number of carbonyl (C=O) groups excluding carboxylic acids is 2. The topological polar surface area (TPSA) is 98.1 Å². The van der Waals surface area contributed by atoms with Crippen molar-refractivity contribution < 1.29 is 14.3 Å². The number of aromatic nitrogens is 3. The Morgan fingerprint density at radius 2 is 1.71 bits per heavy atom. The Bertz CT molecular complexity index is 1400. The summed E-state index contributed by atoms with van der Waals surface area (Å²) >= 11 is 6.32. The van der Waals surface area contributed by atoms with Gasteiger partial charge in [0, 0.05) is 34.8 Å². The lowest BCUT2D eigenvalue weighted by Crippen LogP contribution is -2.20. The van der Waals surface area contributed by atoms with E-state index in [0.717, 1.165) is 27.9 Å². The molecular weight excluding hydrogens is 454 g/mol. The zero-order chi connectivity index (χ0) is 24.4. The Hall–Kier alpha value is -3.91. The summed E-state index contributed by atoms with van der Waals surface area (Å²) in [6.07, 6.45) is 0. The Labute approximate surface area is 201 Å². The lowest BCUT2D eigenvalue weighted by Gasteiger charge is -2.11. The molecule has 0 aliphatic carbocycles. The van der Waals surface area contributed by atoms with Crippen molar-refractivity contribution in [2.24, 2.45) is 0 Å². The molecular formula is C25H24ClN5O3. The predicted octanol–water partition coefficient (Wildman–Crippen LogP) is 4.98. The summed E-state index contributed by atoms with van der Waals surface area (Å²) in [6, 6.07) is 14.2. The summed E-state index contributed by atoms with van der Waals surface area (Å²) in [5, 5.41) is 11.7. The van der Waals surface area contributed by atoms with Crippen molar-refractivity contribution in [1.82, 2.24) is 14.8 Å². The Morgan fingerprint density at radius 1 is 1.03 bits per heavy atom. The van der Waals surface area contributed by atoms with Gasteiger partial charge in [0.05, 0.1) is 11.4 Å². The summed E-state index contributed by atoms with van der Waals surface area (Å²) in [5.74, 6) is -0.170. The molecule has 2 aromatic carbocycles.